The zero-order valence-corrected chi connectivity index (χ0v) is 12.1. The number of alkyl halides is 14. The first-order valence-corrected chi connectivity index (χ1v) is 6.25. The van der Waals surface area contributed by atoms with Crippen LogP contribution < -0.4 is 0 Å². The fourth-order valence-corrected chi connectivity index (χ4v) is 1.52. The molecule has 162 valence electrons. The molecule has 1 saturated heterocycles. The summed E-state index contributed by atoms with van der Waals surface area (Å²) < 4.78 is 182. The lowest BCUT2D eigenvalue weighted by atomic mass is 10.2. The fourth-order valence-electron chi connectivity index (χ4n) is 1.52. The van der Waals surface area contributed by atoms with Crippen LogP contribution >= 0.6 is 0 Å². The summed E-state index contributed by atoms with van der Waals surface area (Å²) in [4.78, 5) is 0. The molecule has 0 aromatic heterocycles. The Morgan fingerprint density at radius 2 is 0.704 bits per heavy atom. The van der Waals surface area contributed by atoms with Crippen molar-refractivity contribution in [1.29, 1.82) is 0 Å². The zero-order valence-electron chi connectivity index (χ0n) is 12.1. The first-order chi connectivity index (χ1) is 11.7. The topological polar surface area (TPSA) is 31.0 Å². The maximum atomic E-state index is 13.1. The average molecular weight is 440 g/mol. The monoisotopic (exact) mass is 440 g/mol. The lowest BCUT2D eigenvalue weighted by Crippen LogP contribution is -2.56. The van der Waals surface area contributed by atoms with E-state index in [-0.39, 0.29) is 0 Å². The second-order valence-corrected chi connectivity index (χ2v) is 5.02. The summed E-state index contributed by atoms with van der Waals surface area (Å²) in [6.45, 7) is -3.75. The zero-order chi connectivity index (χ0) is 21.7. The molecule has 1 rings (SSSR count). The molecule has 0 spiro atoms. The number of epoxide rings is 1. The van der Waals surface area contributed by atoms with Crippen LogP contribution in [0.3, 0.4) is 0 Å². The summed E-state index contributed by atoms with van der Waals surface area (Å²) in [5.74, 6) is -12.3. The summed E-state index contributed by atoms with van der Waals surface area (Å²) in [6, 6.07) is 0. The Kier molecular flexibility index (Phi) is 5.99. The SMILES string of the molecule is FC(F)(F)C(F)(OCC1OC1COC(F)(C(F)(F)F)C(F)(F)F)C(F)(F)F. The normalized spacial score (nSPS) is 22.9. The van der Waals surface area contributed by atoms with Crippen LogP contribution in [0, 0.1) is 0 Å². The van der Waals surface area contributed by atoms with Crippen molar-refractivity contribution in [2.45, 2.75) is 48.6 Å². The average Bonchev–Trinajstić information content (AvgIpc) is 3.15. The van der Waals surface area contributed by atoms with E-state index in [1.807, 2.05) is 0 Å². The van der Waals surface area contributed by atoms with Gasteiger partial charge >= 0.3 is 36.4 Å². The van der Waals surface area contributed by atoms with E-state index < -0.39 is 61.8 Å². The highest BCUT2D eigenvalue weighted by Gasteiger charge is 2.76. The van der Waals surface area contributed by atoms with Crippen molar-refractivity contribution >= 4 is 0 Å². The maximum absolute atomic E-state index is 13.1. The van der Waals surface area contributed by atoms with Gasteiger partial charge in [-0.2, -0.15) is 61.5 Å². The predicted molar refractivity (Wildman–Crippen MR) is 52.5 cm³/mol. The summed E-state index contributed by atoms with van der Waals surface area (Å²) >= 11 is 0. The Morgan fingerprint density at radius 3 is 0.889 bits per heavy atom. The van der Waals surface area contributed by atoms with Gasteiger partial charge in [-0.25, -0.2) is 0 Å². The summed E-state index contributed by atoms with van der Waals surface area (Å²) in [6.07, 6.45) is -30.4. The molecule has 17 heteroatoms. The van der Waals surface area contributed by atoms with Crippen molar-refractivity contribution in [1.82, 2.24) is 0 Å². The molecular formula is C10H6F14O3. The predicted octanol–water partition coefficient (Wildman–Crippen LogP) is 4.37. The van der Waals surface area contributed by atoms with Crippen molar-refractivity contribution in [2.75, 3.05) is 13.2 Å². The van der Waals surface area contributed by atoms with E-state index in [0.29, 0.717) is 0 Å². The number of ether oxygens (including phenoxy) is 3. The Bertz CT molecular complexity index is 443. The molecule has 27 heavy (non-hydrogen) atoms. The Balaban J connectivity index is 2.69. The highest BCUT2D eigenvalue weighted by atomic mass is 19.4. The summed E-state index contributed by atoms with van der Waals surface area (Å²) in [5, 5.41) is 0. The smallest absolute Gasteiger partial charge is 0.365 e. The van der Waals surface area contributed by atoms with Gasteiger partial charge in [-0.15, -0.1) is 0 Å². The van der Waals surface area contributed by atoms with Gasteiger partial charge in [0.2, 0.25) is 0 Å². The quantitative estimate of drug-likeness (QED) is 0.454. The van der Waals surface area contributed by atoms with Gasteiger partial charge in [-0.05, 0) is 0 Å². The minimum Gasteiger partial charge on any atom is -0.365 e. The van der Waals surface area contributed by atoms with E-state index in [0.717, 1.165) is 0 Å². The van der Waals surface area contributed by atoms with Crippen molar-refractivity contribution in [3.8, 4) is 0 Å². The van der Waals surface area contributed by atoms with Crippen LogP contribution in [0.25, 0.3) is 0 Å². The second-order valence-electron chi connectivity index (χ2n) is 5.02. The van der Waals surface area contributed by atoms with E-state index in [9.17, 15) is 61.5 Å². The van der Waals surface area contributed by atoms with Crippen molar-refractivity contribution < 1.29 is 75.7 Å². The van der Waals surface area contributed by atoms with Crippen molar-refractivity contribution in [3.63, 3.8) is 0 Å². The number of hydrogen-bond donors (Lipinski definition) is 0. The Hall–Kier alpha value is -1.10. The van der Waals surface area contributed by atoms with Gasteiger partial charge in [0.25, 0.3) is 0 Å². The van der Waals surface area contributed by atoms with Crippen LogP contribution in [0.4, 0.5) is 61.5 Å². The first kappa shape index (κ1) is 23.9. The lowest BCUT2D eigenvalue weighted by molar-refractivity contribution is -0.431. The molecule has 0 bridgehead atoms. The van der Waals surface area contributed by atoms with E-state index in [1.165, 1.54) is 0 Å². The highest BCUT2D eigenvalue weighted by Crippen LogP contribution is 2.49. The van der Waals surface area contributed by atoms with Crippen LogP contribution in [0.5, 0.6) is 0 Å². The molecule has 2 atom stereocenters. The van der Waals surface area contributed by atoms with E-state index in [2.05, 4.69) is 14.2 Å². The van der Waals surface area contributed by atoms with Gasteiger partial charge in [0.15, 0.2) is 0 Å². The Labute approximate surface area is 139 Å². The van der Waals surface area contributed by atoms with Crippen LogP contribution in [-0.4, -0.2) is 61.8 Å². The fraction of sp³-hybridized carbons (Fsp3) is 1.00. The minimum atomic E-state index is -6.60. The molecule has 0 aromatic carbocycles. The maximum Gasteiger partial charge on any atom is 0.458 e. The molecule has 2 unspecified atom stereocenters. The molecular weight excluding hydrogens is 434 g/mol. The Morgan fingerprint density at radius 1 is 0.481 bits per heavy atom. The molecule has 0 aliphatic carbocycles. The van der Waals surface area contributed by atoms with Gasteiger partial charge < -0.3 is 14.2 Å². The number of hydrogen-bond acceptors (Lipinski definition) is 3. The van der Waals surface area contributed by atoms with Gasteiger partial charge in [-0.3, -0.25) is 0 Å². The molecule has 0 aromatic rings. The molecule has 1 fully saturated rings. The third-order valence-corrected chi connectivity index (χ3v) is 3.04. The van der Waals surface area contributed by atoms with E-state index in [4.69, 9.17) is 0 Å². The number of rotatable bonds is 6. The highest BCUT2D eigenvalue weighted by molar-refractivity contribution is 4.92. The van der Waals surface area contributed by atoms with Crippen LogP contribution in [0.15, 0.2) is 0 Å². The van der Waals surface area contributed by atoms with Crippen LogP contribution in [0.1, 0.15) is 0 Å². The molecule has 1 aliphatic heterocycles. The molecule has 0 saturated carbocycles. The molecule has 1 aliphatic rings. The van der Waals surface area contributed by atoms with E-state index >= 15 is 0 Å². The van der Waals surface area contributed by atoms with Crippen LogP contribution in [-0.2, 0) is 14.2 Å². The largest absolute Gasteiger partial charge is 0.458 e. The molecule has 3 nitrogen and oxygen atoms in total. The summed E-state index contributed by atoms with van der Waals surface area (Å²) in [5.41, 5.74) is 0. The van der Waals surface area contributed by atoms with Crippen LogP contribution in [0.2, 0.25) is 0 Å². The van der Waals surface area contributed by atoms with Gasteiger partial charge in [0.05, 0.1) is 13.2 Å². The molecule has 0 N–H and O–H groups in total. The van der Waals surface area contributed by atoms with Crippen molar-refractivity contribution in [3.05, 3.63) is 0 Å². The third kappa shape index (κ3) is 4.67. The molecule has 0 radical (unpaired) electrons. The summed E-state index contributed by atoms with van der Waals surface area (Å²) in [7, 11) is 0. The third-order valence-electron chi connectivity index (χ3n) is 3.04. The second kappa shape index (κ2) is 6.75. The molecule has 1 heterocycles. The number of halogens is 14. The lowest BCUT2D eigenvalue weighted by Gasteiger charge is -2.29. The van der Waals surface area contributed by atoms with Gasteiger partial charge in [-0.1, -0.05) is 0 Å². The van der Waals surface area contributed by atoms with Gasteiger partial charge in [0, 0.05) is 0 Å². The first-order valence-electron chi connectivity index (χ1n) is 6.25. The van der Waals surface area contributed by atoms with Gasteiger partial charge in [0.1, 0.15) is 12.2 Å². The standard InChI is InChI=1S/C10H6F14O3/c11-5(7(13,14)15,8(16,17)18)25-1-3-4(27-3)2-26-6(12,9(19,20)21)10(22,23)24/h3-4H,1-2H2. The van der Waals surface area contributed by atoms with E-state index in [1.54, 1.807) is 0 Å². The molecule has 0 amide bonds. The van der Waals surface area contributed by atoms with Crippen molar-refractivity contribution in [2.24, 2.45) is 0 Å². The minimum absolute atomic E-state index is 1.87.